The molecule has 1 heterocycles. The van der Waals surface area contributed by atoms with E-state index >= 15 is 0 Å². The van der Waals surface area contributed by atoms with Crippen molar-refractivity contribution in [3.8, 4) is 0 Å². The average molecular weight is 321 g/mol. The number of amides is 1. The summed E-state index contributed by atoms with van der Waals surface area (Å²) in [6.45, 7) is 6.92. The molecule has 1 unspecified atom stereocenters. The van der Waals surface area contributed by atoms with Gasteiger partial charge in [0.05, 0.1) is 17.6 Å². The molecule has 23 heavy (non-hydrogen) atoms. The Morgan fingerprint density at radius 2 is 2.13 bits per heavy atom. The molecule has 7 nitrogen and oxygen atoms in total. The first kappa shape index (κ1) is 17.2. The summed E-state index contributed by atoms with van der Waals surface area (Å²) >= 11 is 0. The van der Waals surface area contributed by atoms with Gasteiger partial charge in [0.25, 0.3) is 5.69 Å². The Hall–Kier alpha value is -2.15. The zero-order valence-corrected chi connectivity index (χ0v) is 14.0. The van der Waals surface area contributed by atoms with Gasteiger partial charge >= 0.3 is 0 Å². The smallest absolute Gasteiger partial charge is 0.269 e. The van der Waals surface area contributed by atoms with E-state index in [0.717, 1.165) is 5.69 Å². The number of hydrogen-bond donors (Lipinski definition) is 1. The zero-order valence-electron chi connectivity index (χ0n) is 14.0. The summed E-state index contributed by atoms with van der Waals surface area (Å²) in [5.74, 6) is 0.116. The van der Waals surface area contributed by atoms with E-state index in [1.165, 1.54) is 12.1 Å². The summed E-state index contributed by atoms with van der Waals surface area (Å²) in [4.78, 5) is 24.5. The molecule has 1 atom stereocenters. The first-order chi connectivity index (χ1) is 10.7. The van der Waals surface area contributed by atoms with Crippen molar-refractivity contribution in [1.29, 1.82) is 0 Å². The molecule has 1 amide bonds. The second kappa shape index (κ2) is 6.54. The number of nitrogens with zero attached hydrogens (tertiary/aromatic N) is 2. The number of benzene rings is 1. The SMILES string of the molecule is COCc1cc([N+](=O)[O-])ccc1NC1CC(=O)N(C(C)(C)C)C1. The molecule has 0 spiro atoms. The second-order valence-corrected chi connectivity index (χ2v) is 6.75. The van der Waals surface area contributed by atoms with Gasteiger partial charge in [0.2, 0.25) is 5.91 Å². The third-order valence-electron chi connectivity index (χ3n) is 3.89. The van der Waals surface area contributed by atoms with Crippen LogP contribution in [0, 0.1) is 10.1 Å². The van der Waals surface area contributed by atoms with Crippen LogP contribution in [0.1, 0.15) is 32.8 Å². The maximum atomic E-state index is 12.1. The minimum Gasteiger partial charge on any atom is -0.380 e. The van der Waals surface area contributed by atoms with Crippen LogP contribution < -0.4 is 5.32 Å². The molecule has 0 aliphatic carbocycles. The van der Waals surface area contributed by atoms with Crippen molar-refractivity contribution >= 4 is 17.3 Å². The molecule has 1 aromatic carbocycles. The fourth-order valence-corrected chi connectivity index (χ4v) is 2.78. The maximum absolute atomic E-state index is 12.1. The Balaban J connectivity index is 2.17. The normalized spacial score (nSPS) is 18.3. The van der Waals surface area contributed by atoms with Crippen LogP contribution in [0.3, 0.4) is 0 Å². The van der Waals surface area contributed by atoms with Crippen molar-refractivity contribution in [2.24, 2.45) is 0 Å². The number of nitro groups is 1. The first-order valence-electron chi connectivity index (χ1n) is 7.55. The van der Waals surface area contributed by atoms with Crippen LogP contribution in [0.5, 0.6) is 0 Å². The highest BCUT2D eigenvalue weighted by molar-refractivity contribution is 5.81. The van der Waals surface area contributed by atoms with Gasteiger partial charge in [0.15, 0.2) is 0 Å². The molecule has 1 aliphatic heterocycles. The number of carbonyl (C=O) groups is 1. The molecule has 1 aliphatic rings. The Morgan fingerprint density at radius 3 is 2.65 bits per heavy atom. The van der Waals surface area contributed by atoms with E-state index in [0.29, 0.717) is 18.5 Å². The van der Waals surface area contributed by atoms with Gasteiger partial charge in [-0.3, -0.25) is 14.9 Å². The predicted octanol–water partition coefficient (Wildman–Crippen LogP) is 2.55. The molecule has 7 heteroatoms. The second-order valence-electron chi connectivity index (χ2n) is 6.75. The fraction of sp³-hybridized carbons (Fsp3) is 0.562. The van der Waals surface area contributed by atoms with Gasteiger partial charge in [-0.05, 0) is 26.8 Å². The summed E-state index contributed by atoms with van der Waals surface area (Å²) in [5, 5.41) is 14.2. The topological polar surface area (TPSA) is 84.7 Å². The van der Waals surface area contributed by atoms with Gasteiger partial charge in [-0.2, -0.15) is 0 Å². The third kappa shape index (κ3) is 3.98. The fourth-order valence-electron chi connectivity index (χ4n) is 2.78. The van der Waals surface area contributed by atoms with Crippen molar-refractivity contribution in [3.63, 3.8) is 0 Å². The van der Waals surface area contributed by atoms with E-state index < -0.39 is 4.92 Å². The predicted molar refractivity (Wildman–Crippen MR) is 87.3 cm³/mol. The molecular formula is C16H23N3O4. The van der Waals surface area contributed by atoms with Crippen molar-refractivity contribution in [3.05, 3.63) is 33.9 Å². The monoisotopic (exact) mass is 321 g/mol. The molecule has 1 fully saturated rings. The van der Waals surface area contributed by atoms with E-state index in [4.69, 9.17) is 4.74 Å². The van der Waals surface area contributed by atoms with Gasteiger partial charge in [-0.25, -0.2) is 0 Å². The number of anilines is 1. The number of methoxy groups -OCH3 is 1. The zero-order chi connectivity index (χ0) is 17.2. The Labute approximate surface area is 135 Å². The lowest BCUT2D eigenvalue weighted by Gasteiger charge is -2.32. The van der Waals surface area contributed by atoms with Gasteiger partial charge < -0.3 is 15.0 Å². The number of nitrogens with one attached hydrogen (secondary N) is 1. The van der Waals surface area contributed by atoms with E-state index in [2.05, 4.69) is 5.32 Å². The van der Waals surface area contributed by atoms with Crippen LogP contribution in [-0.4, -0.2) is 41.0 Å². The third-order valence-corrected chi connectivity index (χ3v) is 3.89. The first-order valence-corrected chi connectivity index (χ1v) is 7.55. The molecular weight excluding hydrogens is 298 g/mol. The maximum Gasteiger partial charge on any atom is 0.269 e. The largest absolute Gasteiger partial charge is 0.380 e. The molecule has 0 aromatic heterocycles. The molecule has 0 radical (unpaired) electrons. The van der Waals surface area contributed by atoms with Crippen molar-refractivity contribution in [2.45, 2.75) is 45.4 Å². The quantitative estimate of drug-likeness (QED) is 0.665. The highest BCUT2D eigenvalue weighted by atomic mass is 16.6. The standard InChI is InChI=1S/C16H23N3O4/c1-16(2,3)18-9-12(8-15(18)20)17-14-6-5-13(19(21)22)7-11(14)10-23-4/h5-7,12,17H,8-10H2,1-4H3. The Kier molecular flexibility index (Phi) is 4.89. The molecule has 1 N–H and O–H groups in total. The molecule has 126 valence electrons. The van der Waals surface area contributed by atoms with Crippen LogP contribution in [0.2, 0.25) is 0 Å². The lowest BCUT2D eigenvalue weighted by Crippen LogP contribution is -2.43. The summed E-state index contributed by atoms with van der Waals surface area (Å²) < 4.78 is 5.12. The van der Waals surface area contributed by atoms with E-state index in [1.54, 1.807) is 13.2 Å². The number of likely N-dealkylation sites (tertiary alicyclic amines) is 1. The summed E-state index contributed by atoms with van der Waals surface area (Å²) in [6, 6.07) is 4.62. The van der Waals surface area contributed by atoms with Crippen LogP contribution in [-0.2, 0) is 16.1 Å². The molecule has 1 saturated heterocycles. The lowest BCUT2D eigenvalue weighted by atomic mass is 10.1. The number of nitro benzene ring substituents is 1. The molecule has 1 aromatic rings. The van der Waals surface area contributed by atoms with Gasteiger partial charge in [-0.15, -0.1) is 0 Å². The summed E-state index contributed by atoms with van der Waals surface area (Å²) in [6.07, 6.45) is 0.417. The van der Waals surface area contributed by atoms with E-state index in [-0.39, 0.29) is 29.8 Å². The van der Waals surface area contributed by atoms with Gasteiger partial charge in [0.1, 0.15) is 0 Å². The van der Waals surface area contributed by atoms with Gasteiger partial charge in [0, 0.05) is 49.0 Å². The van der Waals surface area contributed by atoms with E-state index in [1.807, 2.05) is 25.7 Å². The molecule has 2 rings (SSSR count). The number of carbonyl (C=O) groups excluding carboxylic acids is 1. The van der Waals surface area contributed by atoms with Crippen molar-refractivity contribution < 1.29 is 14.5 Å². The van der Waals surface area contributed by atoms with E-state index in [9.17, 15) is 14.9 Å². The van der Waals surface area contributed by atoms with Crippen LogP contribution in [0.15, 0.2) is 18.2 Å². The molecule has 0 saturated carbocycles. The highest BCUT2D eigenvalue weighted by Gasteiger charge is 2.36. The summed E-state index contributed by atoms with van der Waals surface area (Å²) in [5.41, 5.74) is 1.30. The van der Waals surface area contributed by atoms with Gasteiger partial charge in [-0.1, -0.05) is 0 Å². The van der Waals surface area contributed by atoms with Crippen LogP contribution >= 0.6 is 0 Å². The van der Waals surface area contributed by atoms with Crippen molar-refractivity contribution in [1.82, 2.24) is 4.90 Å². The highest BCUT2D eigenvalue weighted by Crippen LogP contribution is 2.27. The number of rotatable bonds is 5. The van der Waals surface area contributed by atoms with Crippen molar-refractivity contribution in [2.75, 3.05) is 19.0 Å². The average Bonchev–Trinajstić information content (AvgIpc) is 2.81. The number of ether oxygens (including phenoxy) is 1. The Bertz CT molecular complexity index is 610. The number of non-ortho nitro benzene ring substituents is 1. The summed E-state index contributed by atoms with van der Waals surface area (Å²) in [7, 11) is 1.54. The Morgan fingerprint density at radius 1 is 1.43 bits per heavy atom. The lowest BCUT2D eigenvalue weighted by molar-refractivity contribution is -0.384. The number of hydrogen-bond acceptors (Lipinski definition) is 5. The molecule has 0 bridgehead atoms. The minimum absolute atomic E-state index is 0.0150. The van der Waals surface area contributed by atoms with Crippen LogP contribution in [0.4, 0.5) is 11.4 Å². The minimum atomic E-state index is -0.427. The van der Waals surface area contributed by atoms with Crippen LogP contribution in [0.25, 0.3) is 0 Å².